The topological polar surface area (TPSA) is 78.7 Å². The summed E-state index contributed by atoms with van der Waals surface area (Å²) in [6, 6.07) is 0. The van der Waals surface area contributed by atoms with Gasteiger partial charge in [0.2, 0.25) is 0 Å². The number of hydrogen-bond donors (Lipinski definition) is 1. The van der Waals surface area contributed by atoms with E-state index < -0.39 is 0 Å². The molecule has 2 aromatic heterocycles. The Balaban J connectivity index is 2.11. The van der Waals surface area contributed by atoms with E-state index >= 15 is 0 Å². The second-order valence-corrected chi connectivity index (χ2v) is 4.13. The summed E-state index contributed by atoms with van der Waals surface area (Å²) in [6.07, 6.45) is 6.27. The van der Waals surface area contributed by atoms with Crippen LogP contribution < -0.4 is 11.3 Å². The van der Waals surface area contributed by atoms with Crippen molar-refractivity contribution in [2.75, 3.05) is 5.73 Å². The average molecular weight is 284 g/mol. The van der Waals surface area contributed by atoms with E-state index in [-0.39, 0.29) is 5.56 Å². The lowest BCUT2D eigenvalue weighted by molar-refractivity contribution is 0.518. The molecule has 0 aliphatic rings. The van der Waals surface area contributed by atoms with Gasteiger partial charge in [0, 0.05) is 18.9 Å². The summed E-state index contributed by atoms with van der Waals surface area (Å²) in [6.45, 7) is 1.08. The van der Waals surface area contributed by atoms with Crippen molar-refractivity contribution in [3.63, 3.8) is 0 Å². The summed E-state index contributed by atoms with van der Waals surface area (Å²) < 4.78 is 3.65. The van der Waals surface area contributed by atoms with Gasteiger partial charge in [-0.3, -0.25) is 14.0 Å². The van der Waals surface area contributed by atoms with E-state index in [1.54, 1.807) is 17.1 Å². The highest BCUT2D eigenvalue weighted by atomic mass is 79.9. The highest BCUT2D eigenvalue weighted by Crippen LogP contribution is 2.00. The predicted octanol–water partition coefficient (Wildman–Crippen LogP) is 0.485. The molecule has 0 fully saturated rings. The molecule has 2 N–H and O–H groups in total. The third kappa shape index (κ3) is 2.30. The number of nitrogens with two attached hydrogens (primary N) is 1. The normalized spacial score (nSPS) is 10.6. The van der Waals surface area contributed by atoms with Gasteiger partial charge in [0.05, 0.1) is 24.8 Å². The number of aromatic nitrogens is 4. The van der Waals surface area contributed by atoms with Gasteiger partial charge in [-0.15, -0.1) is 0 Å². The predicted molar refractivity (Wildman–Crippen MR) is 62.8 cm³/mol. The van der Waals surface area contributed by atoms with Crippen molar-refractivity contribution in [3.8, 4) is 0 Å². The molecule has 0 atom stereocenters. The van der Waals surface area contributed by atoms with Crippen LogP contribution in [0.5, 0.6) is 0 Å². The average Bonchev–Trinajstić information content (AvgIpc) is 2.67. The maximum Gasteiger partial charge on any atom is 0.267 e. The Morgan fingerprint density at radius 3 is 2.88 bits per heavy atom. The molecular formula is C9H10BrN5O. The Labute approximate surface area is 99.8 Å². The lowest BCUT2D eigenvalue weighted by Gasteiger charge is -2.04. The van der Waals surface area contributed by atoms with Crippen molar-refractivity contribution >= 4 is 21.6 Å². The van der Waals surface area contributed by atoms with Crippen molar-refractivity contribution < 1.29 is 0 Å². The number of aryl methyl sites for hydroxylation is 2. The van der Waals surface area contributed by atoms with Crippen LogP contribution in [0, 0.1) is 0 Å². The van der Waals surface area contributed by atoms with E-state index in [9.17, 15) is 4.79 Å². The molecule has 0 unspecified atom stereocenters. The van der Waals surface area contributed by atoms with Gasteiger partial charge >= 0.3 is 0 Å². The summed E-state index contributed by atoms with van der Waals surface area (Å²) in [5.41, 5.74) is 6.04. The van der Waals surface area contributed by atoms with Crippen LogP contribution in [0.1, 0.15) is 0 Å². The summed E-state index contributed by atoms with van der Waals surface area (Å²) in [7, 11) is 0. The molecule has 0 amide bonds. The molecule has 0 bridgehead atoms. The van der Waals surface area contributed by atoms with Crippen LogP contribution in [0.15, 0.2) is 34.2 Å². The van der Waals surface area contributed by atoms with Crippen molar-refractivity contribution in [3.05, 3.63) is 39.7 Å². The highest BCUT2D eigenvalue weighted by molar-refractivity contribution is 9.10. The van der Waals surface area contributed by atoms with Crippen LogP contribution in [0.25, 0.3) is 0 Å². The zero-order valence-electron chi connectivity index (χ0n) is 8.38. The van der Waals surface area contributed by atoms with Crippen LogP contribution in [-0.2, 0) is 13.1 Å². The molecule has 0 saturated heterocycles. The minimum Gasteiger partial charge on any atom is -0.396 e. The molecule has 0 aliphatic heterocycles. The van der Waals surface area contributed by atoms with Crippen molar-refractivity contribution in [1.29, 1.82) is 0 Å². The van der Waals surface area contributed by atoms with Gasteiger partial charge < -0.3 is 5.73 Å². The minimum atomic E-state index is -0.102. The molecular weight excluding hydrogens is 274 g/mol. The first-order chi connectivity index (χ1) is 7.66. The quantitative estimate of drug-likeness (QED) is 0.889. The zero-order valence-corrected chi connectivity index (χ0v) is 9.96. The fourth-order valence-electron chi connectivity index (χ4n) is 1.30. The Kier molecular flexibility index (Phi) is 3.04. The first-order valence-electron chi connectivity index (χ1n) is 4.64. The second kappa shape index (κ2) is 4.48. The van der Waals surface area contributed by atoms with Gasteiger partial charge in [-0.25, -0.2) is 4.98 Å². The minimum absolute atomic E-state index is 0.102. The third-order valence-corrected chi connectivity index (χ3v) is 2.63. The van der Waals surface area contributed by atoms with E-state index in [1.165, 1.54) is 17.1 Å². The standard InChI is InChI=1S/C9H10BrN5O/c10-8-4-12-6-14(9(8)16)1-2-15-5-7(11)3-13-15/h3-6H,1-2,11H2. The van der Waals surface area contributed by atoms with Gasteiger partial charge in [0.1, 0.15) is 4.47 Å². The van der Waals surface area contributed by atoms with Crippen molar-refractivity contribution in [2.45, 2.75) is 13.1 Å². The molecule has 16 heavy (non-hydrogen) atoms. The van der Waals surface area contributed by atoms with E-state index in [2.05, 4.69) is 26.0 Å². The van der Waals surface area contributed by atoms with Crippen LogP contribution in [0.3, 0.4) is 0 Å². The van der Waals surface area contributed by atoms with Crippen molar-refractivity contribution in [2.24, 2.45) is 0 Å². The molecule has 7 heteroatoms. The summed E-state index contributed by atoms with van der Waals surface area (Å²) >= 11 is 3.14. The number of hydrogen-bond acceptors (Lipinski definition) is 4. The molecule has 2 heterocycles. The molecule has 2 aromatic rings. The van der Waals surface area contributed by atoms with Crippen LogP contribution in [0.4, 0.5) is 5.69 Å². The van der Waals surface area contributed by atoms with Gasteiger partial charge in [0.15, 0.2) is 0 Å². The molecule has 0 spiro atoms. The van der Waals surface area contributed by atoms with Crippen LogP contribution >= 0.6 is 15.9 Å². The van der Waals surface area contributed by atoms with E-state index in [1.807, 2.05) is 0 Å². The van der Waals surface area contributed by atoms with E-state index in [0.717, 1.165) is 0 Å². The van der Waals surface area contributed by atoms with Gasteiger partial charge in [-0.1, -0.05) is 0 Å². The number of rotatable bonds is 3. The van der Waals surface area contributed by atoms with Crippen LogP contribution in [-0.4, -0.2) is 19.3 Å². The number of halogens is 1. The fraction of sp³-hybridized carbons (Fsp3) is 0.222. The Morgan fingerprint density at radius 1 is 1.38 bits per heavy atom. The Bertz CT molecular complexity index is 547. The molecule has 0 saturated carbocycles. The lowest BCUT2D eigenvalue weighted by Crippen LogP contribution is -2.23. The maximum atomic E-state index is 11.6. The van der Waals surface area contributed by atoms with Gasteiger partial charge in [-0.05, 0) is 15.9 Å². The van der Waals surface area contributed by atoms with Gasteiger partial charge in [0.25, 0.3) is 5.56 Å². The molecule has 0 radical (unpaired) electrons. The monoisotopic (exact) mass is 283 g/mol. The molecule has 6 nitrogen and oxygen atoms in total. The van der Waals surface area contributed by atoms with Crippen molar-refractivity contribution in [1.82, 2.24) is 19.3 Å². The van der Waals surface area contributed by atoms with Gasteiger partial charge in [-0.2, -0.15) is 5.10 Å². The first-order valence-corrected chi connectivity index (χ1v) is 5.44. The second-order valence-electron chi connectivity index (χ2n) is 3.28. The molecule has 0 aromatic carbocycles. The smallest absolute Gasteiger partial charge is 0.267 e. The largest absolute Gasteiger partial charge is 0.396 e. The van der Waals surface area contributed by atoms with E-state index in [4.69, 9.17) is 5.73 Å². The molecule has 0 aliphatic carbocycles. The summed E-state index contributed by atoms with van der Waals surface area (Å²) in [5.74, 6) is 0. The highest BCUT2D eigenvalue weighted by Gasteiger charge is 2.01. The SMILES string of the molecule is Nc1cnn(CCn2cncc(Br)c2=O)c1. The van der Waals surface area contributed by atoms with E-state index in [0.29, 0.717) is 23.2 Å². The zero-order chi connectivity index (χ0) is 11.5. The number of nitrogen functional groups attached to an aromatic ring is 1. The first kappa shape index (κ1) is 10.9. The molecule has 84 valence electrons. The third-order valence-electron chi connectivity index (χ3n) is 2.08. The Morgan fingerprint density at radius 2 is 2.19 bits per heavy atom. The fourth-order valence-corrected chi connectivity index (χ4v) is 1.64. The van der Waals surface area contributed by atoms with Crippen LogP contribution in [0.2, 0.25) is 0 Å². The summed E-state index contributed by atoms with van der Waals surface area (Å²) in [5, 5.41) is 4.03. The Hall–Kier alpha value is -1.63. The number of nitrogens with zero attached hydrogens (tertiary/aromatic N) is 4. The number of anilines is 1. The maximum absolute atomic E-state index is 11.6. The molecule has 2 rings (SSSR count). The lowest BCUT2D eigenvalue weighted by atomic mass is 10.5. The summed E-state index contributed by atoms with van der Waals surface area (Å²) in [4.78, 5) is 15.5.